The first-order valence-electron chi connectivity index (χ1n) is 5.60. The molecule has 2 N–H and O–H groups in total. The standard InChI is InChI=1S/C11H19NO4/c1-7(2)10(11(14)15)12-9(13)6-16-5-8-3-4-8/h7-8,10H,3-6H2,1-2H3,(H,12,13)(H,14,15)/t10-/m1/s1. The fourth-order valence-electron chi connectivity index (χ4n) is 1.33. The molecule has 16 heavy (non-hydrogen) atoms. The van der Waals surface area contributed by atoms with Gasteiger partial charge in [0.2, 0.25) is 5.91 Å². The Balaban J connectivity index is 2.21. The van der Waals surface area contributed by atoms with Gasteiger partial charge in [0.1, 0.15) is 12.6 Å². The van der Waals surface area contributed by atoms with Crippen molar-refractivity contribution in [2.45, 2.75) is 32.7 Å². The van der Waals surface area contributed by atoms with Crippen LogP contribution in [0.5, 0.6) is 0 Å². The van der Waals surface area contributed by atoms with Gasteiger partial charge in [-0.2, -0.15) is 0 Å². The fourth-order valence-corrected chi connectivity index (χ4v) is 1.33. The highest BCUT2D eigenvalue weighted by atomic mass is 16.5. The smallest absolute Gasteiger partial charge is 0.326 e. The van der Waals surface area contributed by atoms with Gasteiger partial charge in [0.05, 0.1) is 6.61 Å². The Morgan fingerprint density at radius 2 is 2.06 bits per heavy atom. The van der Waals surface area contributed by atoms with Crippen LogP contribution in [-0.4, -0.2) is 36.2 Å². The molecular formula is C11H19NO4. The van der Waals surface area contributed by atoms with Gasteiger partial charge < -0.3 is 15.2 Å². The molecule has 1 amide bonds. The number of ether oxygens (including phenoxy) is 1. The van der Waals surface area contributed by atoms with E-state index in [1.165, 1.54) is 12.8 Å². The normalized spacial score (nSPS) is 17.2. The van der Waals surface area contributed by atoms with Crippen molar-refractivity contribution < 1.29 is 19.4 Å². The summed E-state index contributed by atoms with van der Waals surface area (Å²) in [4.78, 5) is 22.2. The van der Waals surface area contributed by atoms with Crippen LogP contribution in [0.3, 0.4) is 0 Å². The van der Waals surface area contributed by atoms with Crippen LogP contribution in [0.4, 0.5) is 0 Å². The summed E-state index contributed by atoms with van der Waals surface area (Å²) in [6.45, 7) is 4.06. The number of carboxylic acid groups (broad SMARTS) is 1. The second-order valence-electron chi connectivity index (χ2n) is 4.59. The Hall–Kier alpha value is -1.10. The lowest BCUT2D eigenvalue weighted by Gasteiger charge is -2.17. The van der Waals surface area contributed by atoms with E-state index in [4.69, 9.17) is 9.84 Å². The number of amides is 1. The predicted octanol–water partition coefficient (Wildman–Crippen LogP) is 0.638. The molecular weight excluding hydrogens is 210 g/mol. The predicted molar refractivity (Wildman–Crippen MR) is 57.9 cm³/mol. The first-order chi connectivity index (χ1) is 7.50. The van der Waals surface area contributed by atoms with Crippen LogP contribution in [-0.2, 0) is 14.3 Å². The van der Waals surface area contributed by atoms with Crippen LogP contribution in [0.1, 0.15) is 26.7 Å². The minimum absolute atomic E-state index is 0.0486. The molecule has 0 aromatic rings. The van der Waals surface area contributed by atoms with Gasteiger partial charge in [-0.1, -0.05) is 13.8 Å². The maximum absolute atomic E-state index is 11.4. The number of carboxylic acids is 1. The van der Waals surface area contributed by atoms with E-state index in [-0.39, 0.29) is 18.4 Å². The Bertz CT molecular complexity index is 261. The van der Waals surface area contributed by atoms with E-state index in [1.807, 2.05) is 0 Å². The van der Waals surface area contributed by atoms with Crippen LogP contribution >= 0.6 is 0 Å². The van der Waals surface area contributed by atoms with Gasteiger partial charge in [-0.05, 0) is 24.7 Å². The summed E-state index contributed by atoms with van der Waals surface area (Å²) in [7, 11) is 0. The molecule has 0 radical (unpaired) electrons. The number of carbonyl (C=O) groups is 2. The minimum Gasteiger partial charge on any atom is -0.480 e. The van der Waals surface area contributed by atoms with Gasteiger partial charge in [0.15, 0.2) is 0 Å². The summed E-state index contributed by atoms with van der Waals surface area (Å²) in [5.74, 6) is -0.898. The van der Waals surface area contributed by atoms with E-state index >= 15 is 0 Å². The Kier molecular flexibility index (Phi) is 4.73. The molecule has 0 saturated heterocycles. The topological polar surface area (TPSA) is 75.6 Å². The molecule has 0 spiro atoms. The number of aliphatic carboxylic acids is 1. The monoisotopic (exact) mass is 229 g/mol. The van der Waals surface area contributed by atoms with E-state index < -0.39 is 12.0 Å². The Morgan fingerprint density at radius 3 is 2.50 bits per heavy atom. The van der Waals surface area contributed by atoms with Gasteiger partial charge >= 0.3 is 5.97 Å². The van der Waals surface area contributed by atoms with E-state index in [0.717, 1.165) is 0 Å². The van der Waals surface area contributed by atoms with Gasteiger partial charge in [0.25, 0.3) is 0 Å². The molecule has 1 aliphatic rings. The molecule has 1 aliphatic carbocycles. The van der Waals surface area contributed by atoms with Crippen molar-refractivity contribution in [3.05, 3.63) is 0 Å². The SMILES string of the molecule is CC(C)[C@@H](NC(=O)COCC1CC1)C(=O)O. The zero-order chi connectivity index (χ0) is 12.1. The van der Waals surface area contributed by atoms with Crippen molar-refractivity contribution >= 4 is 11.9 Å². The second-order valence-corrected chi connectivity index (χ2v) is 4.59. The molecule has 0 unspecified atom stereocenters. The third-order valence-corrected chi connectivity index (χ3v) is 2.53. The number of hydrogen-bond acceptors (Lipinski definition) is 3. The Morgan fingerprint density at radius 1 is 1.44 bits per heavy atom. The van der Waals surface area contributed by atoms with E-state index in [9.17, 15) is 9.59 Å². The van der Waals surface area contributed by atoms with Crippen LogP contribution < -0.4 is 5.32 Å². The van der Waals surface area contributed by atoms with Crippen LogP contribution in [0.25, 0.3) is 0 Å². The van der Waals surface area contributed by atoms with Crippen molar-refractivity contribution in [3.8, 4) is 0 Å². The van der Waals surface area contributed by atoms with E-state index in [0.29, 0.717) is 12.5 Å². The zero-order valence-corrected chi connectivity index (χ0v) is 9.73. The average Bonchev–Trinajstić information content (AvgIpc) is 2.97. The largest absolute Gasteiger partial charge is 0.480 e. The summed E-state index contributed by atoms with van der Waals surface area (Å²) in [6, 6.07) is -0.836. The lowest BCUT2D eigenvalue weighted by Crippen LogP contribution is -2.45. The molecule has 0 aromatic carbocycles. The van der Waals surface area contributed by atoms with E-state index in [1.54, 1.807) is 13.8 Å². The first kappa shape index (κ1) is 13.0. The molecule has 0 aromatic heterocycles. The highest BCUT2D eigenvalue weighted by Crippen LogP contribution is 2.28. The van der Waals surface area contributed by atoms with Crippen molar-refractivity contribution in [3.63, 3.8) is 0 Å². The number of rotatable bonds is 7. The molecule has 1 saturated carbocycles. The molecule has 1 rings (SSSR count). The van der Waals surface area contributed by atoms with Crippen molar-refractivity contribution in [1.29, 1.82) is 0 Å². The molecule has 5 nitrogen and oxygen atoms in total. The van der Waals surface area contributed by atoms with Crippen LogP contribution in [0.15, 0.2) is 0 Å². The molecule has 0 bridgehead atoms. The highest BCUT2D eigenvalue weighted by Gasteiger charge is 2.24. The van der Waals surface area contributed by atoms with Gasteiger partial charge in [-0.25, -0.2) is 4.79 Å². The lowest BCUT2D eigenvalue weighted by atomic mass is 10.1. The third-order valence-electron chi connectivity index (χ3n) is 2.53. The van der Waals surface area contributed by atoms with Crippen molar-refractivity contribution in [2.24, 2.45) is 11.8 Å². The van der Waals surface area contributed by atoms with E-state index in [2.05, 4.69) is 5.32 Å². The van der Waals surface area contributed by atoms with Gasteiger partial charge in [0, 0.05) is 0 Å². The Labute approximate surface area is 95.2 Å². The molecule has 92 valence electrons. The number of carbonyl (C=O) groups excluding carboxylic acids is 1. The highest BCUT2D eigenvalue weighted by molar-refractivity contribution is 5.84. The molecule has 5 heteroatoms. The first-order valence-corrected chi connectivity index (χ1v) is 5.60. The lowest BCUT2D eigenvalue weighted by molar-refractivity contribution is -0.143. The molecule has 1 atom stereocenters. The average molecular weight is 229 g/mol. The third kappa shape index (κ3) is 4.61. The van der Waals surface area contributed by atoms with Crippen molar-refractivity contribution in [2.75, 3.05) is 13.2 Å². The summed E-state index contributed by atoms with van der Waals surface area (Å²) in [5, 5.41) is 11.3. The summed E-state index contributed by atoms with van der Waals surface area (Å²) >= 11 is 0. The summed E-state index contributed by atoms with van der Waals surface area (Å²) in [5.41, 5.74) is 0. The minimum atomic E-state index is -1.01. The molecule has 1 fully saturated rings. The fraction of sp³-hybridized carbons (Fsp3) is 0.818. The van der Waals surface area contributed by atoms with Crippen molar-refractivity contribution in [1.82, 2.24) is 5.32 Å². The summed E-state index contributed by atoms with van der Waals surface area (Å²) < 4.78 is 5.17. The van der Waals surface area contributed by atoms with Crippen LogP contribution in [0, 0.1) is 11.8 Å². The second kappa shape index (κ2) is 5.84. The molecule has 0 aliphatic heterocycles. The summed E-state index contributed by atoms with van der Waals surface area (Å²) in [6.07, 6.45) is 2.34. The molecule has 0 heterocycles. The number of nitrogens with one attached hydrogen (secondary N) is 1. The quantitative estimate of drug-likeness (QED) is 0.671. The van der Waals surface area contributed by atoms with Crippen LogP contribution in [0.2, 0.25) is 0 Å². The maximum Gasteiger partial charge on any atom is 0.326 e. The maximum atomic E-state index is 11.4. The van der Waals surface area contributed by atoms with Gasteiger partial charge in [-0.15, -0.1) is 0 Å². The zero-order valence-electron chi connectivity index (χ0n) is 9.73. The van der Waals surface area contributed by atoms with Gasteiger partial charge in [-0.3, -0.25) is 4.79 Å². The number of hydrogen-bond donors (Lipinski definition) is 2.